The highest BCUT2D eigenvalue weighted by atomic mass is 79.9. The predicted octanol–water partition coefficient (Wildman–Crippen LogP) is 4.85. The van der Waals surface area contributed by atoms with Gasteiger partial charge in [-0.1, -0.05) is 61.8 Å². The van der Waals surface area contributed by atoms with Crippen molar-refractivity contribution in [3.63, 3.8) is 0 Å². The van der Waals surface area contributed by atoms with Gasteiger partial charge in [-0.05, 0) is 36.3 Å². The number of nitrogens with zero attached hydrogens (tertiary/aromatic N) is 1. The molecule has 0 saturated heterocycles. The molecule has 0 aromatic heterocycles. The summed E-state index contributed by atoms with van der Waals surface area (Å²) < 4.78 is 0.679. The average Bonchev–Trinajstić information content (AvgIpc) is 2.55. The van der Waals surface area contributed by atoms with Gasteiger partial charge in [0.25, 0.3) is 0 Å². The Hall–Kier alpha value is -1.87. The molecule has 1 atom stereocenters. The number of rotatable bonds is 9. The molecule has 0 spiro atoms. The van der Waals surface area contributed by atoms with Gasteiger partial charge in [0.2, 0.25) is 0 Å². The lowest BCUT2D eigenvalue weighted by Gasteiger charge is -2.43. The molecule has 0 radical (unpaired) electrons. The molecule has 0 bridgehead atoms. The molecule has 26 heavy (non-hydrogen) atoms. The van der Waals surface area contributed by atoms with Crippen LogP contribution in [0.2, 0.25) is 0 Å². The molecule has 1 aromatic rings. The third-order valence-electron chi connectivity index (χ3n) is 5.42. The van der Waals surface area contributed by atoms with E-state index in [1.165, 1.54) is 0 Å². The van der Waals surface area contributed by atoms with Gasteiger partial charge in [-0.15, -0.1) is 0 Å². The number of hydrogen-bond donors (Lipinski definition) is 2. The zero-order chi connectivity index (χ0) is 20.1. The maximum atomic E-state index is 12.3. The molecule has 0 heterocycles. The number of benzene rings is 1. The van der Waals surface area contributed by atoms with Gasteiger partial charge < -0.3 is 10.2 Å². The molecule has 0 aliphatic rings. The lowest BCUT2D eigenvalue weighted by atomic mass is 9.58. The topological polar surface area (TPSA) is 98.4 Å². The van der Waals surface area contributed by atoms with Crippen LogP contribution < -0.4 is 0 Å². The van der Waals surface area contributed by atoms with Crippen molar-refractivity contribution in [1.82, 2.24) is 0 Å². The van der Waals surface area contributed by atoms with Crippen LogP contribution in [0.5, 0.6) is 0 Å². The predicted molar refractivity (Wildman–Crippen MR) is 103 cm³/mol. The Morgan fingerprint density at radius 2 is 1.69 bits per heavy atom. The third kappa shape index (κ3) is 4.27. The van der Waals surface area contributed by atoms with E-state index in [1.807, 2.05) is 33.8 Å². The normalized spacial score (nSPS) is 14.1. The number of hydrogen-bond acceptors (Lipinski definition) is 3. The summed E-state index contributed by atoms with van der Waals surface area (Å²) in [5.41, 5.74) is -1.73. The van der Waals surface area contributed by atoms with Crippen LogP contribution in [0.25, 0.3) is 0 Å². The van der Waals surface area contributed by atoms with Crippen molar-refractivity contribution in [2.45, 2.75) is 52.4 Å². The number of carboxylic acids is 2. The molecule has 5 nitrogen and oxygen atoms in total. The first-order chi connectivity index (χ1) is 12.0. The second-order valence-corrected chi connectivity index (χ2v) is 8.25. The molecule has 142 valence electrons. The molecule has 0 aliphatic carbocycles. The fourth-order valence-electron chi connectivity index (χ4n) is 3.79. The van der Waals surface area contributed by atoms with Gasteiger partial charge in [0.05, 0.1) is 16.9 Å². The third-order valence-corrected chi connectivity index (χ3v) is 6.11. The van der Waals surface area contributed by atoms with E-state index in [0.717, 1.165) is 0 Å². The standard InChI is InChI=1S/C20H26BrNO4/c1-13(2)20(14(3)4,18(25)26)11-19(12-22,10-9-17(23)24)15-7-5-6-8-16(15)21/h5-8,13-14H,9-11H2,1-4H3,(H,23,24)(H,25,26). The number of carbonyl (C=O) groups is 2. The molecule has 0 fully saturated rings. The second kappa shape index (κ2) is 8.68. The molecule has 0 aliphatic heterocycles. The molecule has 1 rings (SSSR count). The van der Waals surface area contributed by atoms with Crippen molar-refractivity contribution in [2.75, 3.05) is 0 Å². The molecule has 6 heteroatoms. The summed E-state index contributed by atoms with van der Waals surface area (Å²) >= 11 is 3.45. The lowest BCUT2D eigenvalue weighted by molar-refractivity contribution is -0.157. The highest BCUT2D eigenvalue weighted by Gasteiger charge is 2.51. The quantitative estimate of drug-likeness (QED) is 0.591. The summed E-state index contributed by atoms with van der Waals surface area (Å²) in [6.07, 6.45) is -0.103. The number of halogens is 1. The van der Waals surface area contributed by atoms with Gasteiger partial charge in [-0.3, -0.25) is 9.59 Å². The fourth-order valence-corrected chi connectivity index (χ4v) is 4.45. The van der Waals surface area contributed by atoms with Crippen LogP contribution >= 0.6 is 15.9 Å². The Labute approximate surface area is 163 Å². The number of aliphatic carboxylic acids is 2. The molecule has 1 aromatic carbocycles. The SMILES string of the molecule is CC(C)C(CC(C#N)(CCC(=O)O)c1ccccc1Br)(C(=O)O)C(C)C. The Bertz CT molecular complexity index is 700. The van der Waals surface area contributed by atoms with E-state index >= 15 is 0 Å². The maximum absolute atomic E-state index is 12.3. The largest absolute Gasteiger partial charge is 0.481 e. The van der Waals surface area contributed by atoms with Crippen LogP contribution in [0.3, 0.4) is 0 Å². The summed E-state index contributed by atoms with van der Waals surface area (Å²) in [6, 6.07) is 9.43. The Morgan fingerprint density at radius 3 is 2.08 bits per heavy atom. The first-order valence-electron chi connectivity index (χ1n) is 8.65. The van der Waals surface area contributed by atoms with Gasteiger partial charge in [0, 0.05) is 10.9 Å². The average molecular weight is 424 g/mol. The van der Waals surface area contributed by atoms with Crippen molar-refractivity contribution < 1.29 is 19.8 Å². The molecule has 0 amide bonds. The van der Waals surface area contributed by atoms with Crippen LogP contribution in [0, 0.1) is 28.6 Å². The zero-order valence-electron chi connectivity index (χ0n) is 15.6. The Morgan fingerprint density at radius 1 is 1.15 bits per heavy atom. The van der Waals surface area contributed by atoms with Crippen LogP contribution in [0.15, 0.2) is 28.7 Å². The number of carboxylic acid groups (broad SMARTS) is 2. The summed E-state index contributed by atoms with van der Waals surface area (Å²) in [5.74, 6) is -2.41. The maximum Gasteiger partial charge on any atom is 0.310 e. The highest BCUT2D eigenvalue weighted by Crippen LogP contribution is 2.49. The summed E-state index contributed by atoms with van der Waals surface area (Å²) in [5, 5.41) is 29.4. The minimum Gasteiger partial charge on any atom is -0.481 e. The van der Waals surface area contributed by atoms with Gasteiger partial charge >= 0.3 is 11.9 Å². The molecular formula is C20H26BrNO4. The zero-order valence-corrected chi connectivity index (χ0v) is 17.2. The summed E-state index contributed by atoms with van der Waals surface area (Å²) in [6.45, 7) is 7.36. The van der Waals surface area contributed by atoms with Crippen LogP contribution in [-0.4, -0.2) is 22.2 Å². The molecule has 2 N–H and O–H groups in total. The van der Waals surface area contributed by atoms with Crippen molar-refractivity contribution >= 4 is 27.9 Å². The lowest BCUT2D eigenvalue weighted by Crippen LogP contribution is -2.47. The highest BCUT2D eigenvalue weighted by molar-refractivity contribution is 9.10. The van der Waals surface area contributed by atoms with Crippen LogP contribution in [-0.2, 0) is 15.0 Å². The monoisotopic (exact) mass is 423 g/mol. The molecule has 1 unspecified atom stereocenters. The number of nitriles is 1. The smallest absolute Gasteiger partial charge is 0.310 e. The fraction of sp³-hybridized carbons (Fsp3) is 0.550. The Balaban J connectivity index is 3.64. The minimum atomic E-state index is -1.22. The van der Waals surface area contributed by atoms with Crippen molar-refractivity contribution in [3.8, 4) is 6.07 Å². The van der Waals surface area contributed by atoms with Crippen molar-refractivity contribution in [2.24, 2.45) is 17.3 Å². The Kier molecular flexibility index (Phi) is 7.40. The van der Waals surface area contributed by atoms with Crippen molar-refractivity contribution in [3.05, 3.63) is 34.3 Å². The van der Waals surface area contributed by atoms with E-state index in [4.69, 9.17) is 0 Å². The summed E-state index contributed by atoms with van der Waals surface area (Å²) in [4.78, 5) is 23.5. The van der Waals surface area contributed by atoms with E-state index in [-0.39, 0.29) is 31.1 Å². The van der Waals surface area contributed by atoms with Gasteiger partial charge in [-0.2, -0.15) is 5.26 Å². The first kappa shape index (κ1) is 22.2. The summed E-state index contributed by atoms with van der Waals surface area (Å²) in [7, 11) is 0. The second-order valence-electron chi connectivity index (χ2n) is 7.40. The first-order valence-corrected chi connectivity index (χ1v) is 9.44. The minimum absolute atomic E-state index is 0.0515. The van der Waals surface area contributed by atoms with Gasteiger partial charge in [0.15, 0.2) is 0 Å². The molecule has 0 saturated carbocycles. The van der Waals surface area contributed by atoms with Gasteiger partial charge in [0.1, 0.15) is 0 Å². The van der Waals surface area contributed by atoms with E-state index in [1.54, 1.807) is 18.2 Å². The van der Waals surface area contributed by atoms with Crippen molar-refractivity contribution in [1.29, 1.82) is 5.26 Å². The van der Waals surface area contributed by atoms with E-state index < -0.39 is 22.8 Å². The van der Waals surface area contributed by atoms with Crippen LogP contribution in [0.4, 0.5) is 0 Å². The van der Waals surface area contributed by atoms with E-state index in [2.05, 4.69) is 22.0 Å². The van der Waals surface area contributed by atoms with Gasteiger partial charge in [-0.25, -0.2) is 0 Å². The van der Waals surface area contributed by atoms with E-state index in [9.17, 15) is 25.1 Å². The van der Waals surface area contributed by atoms with Crippen LogP contribution in [0.1, 0.15) is 52.5 Å². The molecular weight excluding hydrogens is 398 g/mol. The van der Waals surface area contributed by atoms with E-state index in [0.29, 0.717) is 10.0 Å².